The van der Waals surface area contributed by atoms with Crippen LogP contribution >= 0.6 is 43.5 Å². The fourth-order valence-corrected chi connectivity index (χ4v) is 5.46. The molecule has 2 N–H and O–H groups in total. The van der Waals surface area contributed by atoms with Crippen molar-refractivity contribution in [1.82, 2.24) is 10.3 Å². The van der Waals surface area contributed by atoms with Crippen LogP contribution in [0.3, 0.4) is 0 Å². The summed E-state index contributed by atoms with van der Waals surface area (Å²) in [6, 6.07) is 15.6. The Bertz CT molecular complexity index is 1450. The highest BCUT2D eigenvalue weighted by Gasteiger charge is 2.39. The molecule has 0 bridgehead atoms. The van der Waals surface area contributed by atoms with Gasteiger partial charge in [0.15, 0.2) is 5.82 Å². The molecule has 0 spiro atoms. The van der Waals surface area contributed by atoms with Crippen LogP contribution in [0, 0.1) is 11.6 Å². The molecule has 0 unspecified atom stereocenters. The Kier molecular flexibility index (Phi) is 8.46. The van der Waals surface area contributed by atoms with Crippen LogP contribution in [0.2, 0.25) is 5.02 Å². The Labute approximate surface area is 236 Å². The van der Waals surface area contributed by atoms with Gasteiger partial charge in [-0.05, 0) is 79.4 Å². The first-order valence-electron chi connectivity index (χ1n) is 11.1. The first kappa shape index (κ1) is 28.5. The summed E-state index contributed by atoms with van der Waals surface area (Å²) in [6.07, 6.45) is -3.42. The molecule has 0 saturated carbocycles. The first-order valence-corrected chi connectivity index (χ1v) is 13.0. The van der Waals surface area contributed by atoms with Crippen molar-refractivity contribution in [1.29, 1.82) is 0 Å². The smallest absolute Gasteiger partial charge is 0.416 e. The van der Waals surface area contributed by atoms with Crippen molar-refractivity contribution in [3.8, 4) is 5.75 Å². The largest absolute Gasteiger partial charge is 0.506 e. The van der Waals surface area contributed by atoms with Gasteiger partial charge < -0.3 is 5.11 Å². The molecule has 4 rings (SSSR count). The number of nitrogens with one attached hydrogen (secondary N) is 1. The lowest BCUT2D eigenvalue weighted by molar-refractivity contribution is -0.137. The standard InChI is InChI=1S/C27H18Br2ClF5N2O/c28-21-8-16(25(38)23(29)24(21)32)13-37-26(12-15-4-2-1-3-5-15,22-7-6-19(30)14-36-22)17-9-18(27(33,34)35)11-20(31)10-17/h1-11,14,37-38H,12-13H2/t26-/m0/s1. The molecule has 3 aromatic carbocycles. The van der Waals surface area contributed by atoms with E-state index in [1.54, 1.807) is 30.3 Å². The van der Waals surface area contributed by atoms with Gasteiger partial charge in [0.25, 0.3) is 0 Å². The van der Waals surface area contributed by atoms with Crippen LogP contribution < -0.4 is 5.32 Å². The monoisotopic (exact) mass is 674 g/mol. The number of aromatic nitrogens is 1. The zero-order chi connectivity index (χ0) is 27.7. The zero-order valence-corrected chi connectivity index (χ0v) is 23.2. The minimum absolute atomic E-state index is 0.0491. The predicted octanol–water partition coefficient (Wildman–Crippen LogP) is 8.54. The Morgan fingerprint density at radius 1 is 0.921 bits per heavy atom. The third-order valence-corrected chi connectivity index (χ3v) is 7.51. The Hall–Kier alpha value is -2.53. The quantitative estimate of drug-likeness (QED) is 0.152. The molecule has 1 aromatic heterocycles. The van der Waals surface area contributed by atoms with Gasteiger partial charge in [0.1, 0.15) is 11.6 Å². The van der Waals surface area contributed by atoms with Crippen LogP contribution in [0.1, 0.15) is 27.9 Å². The molecule has 38 heavy (non-hydrogen) atoms. The van der Waals surface area contributed by atoms with E-state index in [1.165, 1.54) is 24.4 Å². The van der Waals surface area contributed by atoms with Crippen LogP contribution in [-0.2, 0) is 24.7 Å². The summed E-state index contributed by atoms with van der Waals surface area (Å²) in [4.78, 5) is 4.39. The number of nitrogens with zero attached hydrogens (tertiary/aromatic N) is 1. The Morgan fingerprint density at radius 2 is 1.61 bits per heavy atom. The Morgan fingerprint density at radius 3 is 2.24 bits per heavy atom. The number of phenols is 1. The topological polar surface area (TPSA) is 45.1 Å². The van der Waals surface area contributed by atoms with E-state index >= 15 is 0 Å². The van der Waals surface area contributed by atoms with Gasteiger partial charge in [-0.25, -0.2) is 8.78 Å². The molecule has 0 aliphatic rings. The molecule has 0 aliphatic carbocycles. The maximum atomic E-state index is 14.7. The number of hydrogen-bond donors (Lipinski definition) is 2. The molecule has 0 saturated heterocycles. The van der Waals surface area contributed by atoms with Crippen LogP contribution in [0.4, 0.5) is 22.0 Å². The summed E-state index contributed by atoms with van der Waals surface area (Å²) in [5.41, 5.74) is -1.57. The van der Waals surface area contributed by atoms with E-state index in [4.69, 9.17) is 11.6 Å². The number of pyridine rings is 1. The molecular formula is C27H18Br2ClF5N2O. The van der Waals surface area contributed by atoms with Gasteiger partial charge in [0.2, 0.25) is 0 Å². The van der Waals surface area contributed by atoms with Crippen LogP contribution in [-0.4, -0.2) is 10.1 Å². The lowest BCUT2D eigenvalue weighted by Gasteiger charge is -2.36. The minimum Gasteiger partial charge on any atom is -0.506 e. The van der Waals surface area contributed by atoms with Crippen molar-refractivity contribution in [2.45, 2.75) is 24.7 Å². The normalized spacial score (nSPS) is 13.4. The molecule has 0 radical (unpaired) electrons. The number of benzene rings is 3. The molecule has 1 atom stereocenters. The fourth-order valence-electron chi connectivity index (χ4n) is 4.14. The van der Waals surface area contributed by atoms with E-state index in [1.807, 2.05) is 0 Å². The third kappa shape index (κ3) is 6.03. The van der Waals surface area contributed by atoms with E-state index in [0.29, 0.717) is 16.7 Å². The minimum atomic E-state index is -4.81. The number of hydrogen-bond acceptors (Lipinski definition) is 3. The molecule has 1 heterocycles. The highest BCUT2D eigenvalue weighted by Crippen LogP contribution is 2.40. The number of phenolic OH excluding ortho intramolecular Hbond substituents is 1. The number of alkyl halides is 3. The summed E-state index contributed by atoms with van der Waals surface area (Å²) in [7, 11) is 0. The SMILES string of the molecule is Oc1c(CN[C@@](Cc2ccccc2)(c2cc(F)cc(C(F)(F)F)c2)c2ccc(Cl)cn2)cc(Br)c(F)c1Br. The number of aromatic hydroxyl groups is 1. The molecule has 0 fully saturated rings. The van der Waals surface area contributed by atoms with Gasteiger partial charge in [0.05, 0.1) is 30.8 Å². The Balaban J connectivity index is 1.96. The van der Waals surface area contributed by atoms with Crippen molar-refractivity contribution in [3.63, 3.8) is 0 Å². The lowest BCUT2D eigenvalue weighted by atomic mass is 9.79. The van der Waals surface area contributed by atoms with E-state index in [2.05, 4.69) is 42.2 Å². The highest BCUT2D eigenvalue weighted by atomic mass is 79.9. The second-order valence-corrected chi connectivity index (χ2v) is 10.6. The predicted molar refractivity (Wildman–Crippen MR) is 142 cm³/mol. The maximum absolute atomic E-state index is 14.7. The molecular weight excluding hydrogens is 659 g/mol. The van der Waals surface area contributed by atoms with Gasteiger partial charge in [-0.3, -0.25) is 10.3 Å². The van der Waals surface area contributed by atoms with E-state index in [0.717, 1.165) is 12.1 Å². The second kappa shape index (κ2) is 11.3. The average Bonchev–Trinajstić information content (AvgIpc) is 2.88. The summed E-state index contributed by atoms with van der Waals surface area (Å²) < 4.78 is 70.1. The van der Waals surface area contributed by atoms with E-state index < -0.39 is 34.7 Å². The van der Waals surface area contributed by atoms with Crippen molar-refractivity contribution in [2.24, 2.45) is 0 Å². The van der Waals surface area contributed by atoms with Crippen molar-refractivity contribution in [2.75, 3.05) is 0 Å². The van der Waals surface area contributed by atoms with Crippen LogP contribution in [0.5, 0.6) is 5.75 Å². The average molecular weight is 677 g/mol. The van der Waals surface area contributed by atoms with Crippen molar-refractivity contribution >= 4 is 43.5 Å². The molecule has 198 valence electrons. The van der Waals surface area contributed by atoms with Crippen LogP contribution in [0.25, 0.3) is 0 Å². The molecule has 4 aromatic rings. The second-order valence-electron chi connectivity index (χ2n) is 8.50. The first-order chi connectivity index (χ1) is 17.9. The number of rotatable bonds is 7. The number of halogens is 8. The highest BCUT2D eigenvalue weighted by molar-refractivity contribution is 9.11. The van der Waals surface area contributed by atoms with Crippen molar-refractivity contribution in [3.05, 3.63) is 126 Å². The van der Waals surface area contributed by atoms with Gasteiger partial charge in [0, 0.05) is 24.7 Å². The van der Waals surface area contributed by atoms with Gasteiger partial charge in [-0.1, -0.05) is 41.9 Å². The molecule has 0 amide bonds. The lowest BCUT2D eigenvalue weighted by Crippen LogP contribution is -2.46. The van der Waals surface area contributed by atoms with Gasteiger partial charge in [-0.2, -0.15) is 13.2 Å². The maximum Gasteiger partial charge on any atom is 0.416 e. The van der Waals surface area contributed by atoms with E-state index in [-0.39, 0.29) is 38.7 Å². The summed E-state index contributed by atoms with van der Waals surface area (Å²) in [5.74, 6) is -2.20. The van der Waals surface area contributed by atoms with Gasteiger partial charge in [-0.15, -0.1) is 0 Å². The van der Waals surface area contributed by atoms with Gasteiger partial charge >= 0.3 is 6.18 Å². The summed E-state index contributed by atoms with van der Waals surface area (Å²) in [6.45, 7) is -0.154. The molecule has 11 heteroatoms. The summed E-state index contributed by atoms with van der Waals surface area (Å²) >= 11 is 12.2. The van der Waals surface area contributed by atoms with Crippen molar-refractivity contribution < 1.29 is 27.1 Å². The molecule has 3 nitrogen and oxygen atoms in total. The summed E-state index contributed by atoms with van der Waals surface area (Å²) in [5, 5.41) is 14.1. The van der Waals surface area contributed by atoms with E-state index in [9.17, 15) is 27.1 Å². The van der Waals surface area contributed by atoms with Crippen LogP contribution in [0.15, 0.2) is 81.9 Å². The third-order valence-electron chi connectivity index (χ3n) is 5.99. The zero-order valence-electron chi connectivity index (χ0n) is 19.3. The molecule has 0 aliphatic heterocycles. The fraction of sp³-hybridized carbons (Fsp3) is 0.148.